The molecule has 1 atom stereocenters. The molecule has 2 N–H and O–H groups in total. The second-order valence-corrected chi connectivity index (χ2v) is 10.3. The summed E-state index contributed by atoms with van der Waals surface area (Å²) in [6.07, 6.45) is -0.0248. The summed E-state index contributed by atoms with van der Waals surface area (Å²) >= 11 is 0. The molecule has 2 fully saturated rings. The van der Waals surface area contributed by atoms with Gasteiger partial charge in [0.1, 0.15) is 5.82 Å². The van der Waals surface area contributed by atoms with Gasteiger partial charge in [0.25, 0.3) is 5.91 Å². The first-order valence-electron chi connectivity index (χ1n) is 12.6. The number of nitrogens with one attached hydrogen (secondary N) is 2. The predicted molar refractivity (Wildman–Crippen MR) is 135 cm³/mol. The molecule has 6 nitrogen and oxygen atoms in total. The highest BCUT2D eigenvalue weighted by Crippen LogP contribution is 2.42. The minimum absolute atomic E-state index is 0.111. The van der Waals surface area contributed by atoms with Crippen molar-refractivity contribution < 1.29 is 22.4 Å². The number of carbonyl (C=O) groups excluding carboxylic acids is 1. The lowest BCUT2D eigenvalue weighted by Gasteiger charge is -2.21. The van der Waals surface area contributed by atoms with Gasteiger partial charge in [-0.25, -0.2) is 4.39 Å². The van der Waals surface area contributed by atoms with E-state index in [4.69, 9.17) is 5.41 Å². The third kappa shape index (κ3) is 5.44. The number of amidine groups is 1. The van der Waals surface area contributed by atoms with Crippen LogP contribution in [0.2, 0.25) is 0 Å². The molecule has 1 aliphatic carbocycles. The zero-order valence-electron chi connectivity index (χ0n) is 21.2. The molecular weight excluding hydrogens is 498 g/mol. The Labute approximate surface area is 218 Å². The lowest BCUT2D eigenvalue weighted by Crippen LogP contribution is -2.30. The van der Waals surface area contributed by atoms with E-state index in [1.54, 1.807) is 31.2 Å². The molecule has 200 valence electrons. The zero-order chi connectivity index (χ0) is 27.2. The van der Waals surface area contributed by atoms with Crippen molar-refractivity contribution in [1.82, 2.24) is 20.0 Å². The molecular formula is C28H29F4N5O. The maximum atomic E-state index is 13.9. The molecule has 5 rings (SSSR count). The first-order valence-corrected chi connectivity index (χ1v) is 12.6. The van der Waals surface area contributed by atoms with Gasteiger partial charge in [0, 0.05) is 43.9 Å². The summed E-state index contributed by atoms with van der Waals surface area (Å²) in [6.45, 7) is 2.67. The van der Waals surface area contributed by atoms with E-state index in [0.29, 0.717) is 36.5 Å². The number of aryl methyl sites for hydroxylation is 2. The Morgan fingerprint density at radius 2 is 1.97 bits per heavy atom. The number of halogens is 4. The van der Waals surface area contributed by atoms with Crippen LogP contribution in [-0.4, -0.2) is 33.0 Å². The average molecular weight is 528 g/mol. The van der Waals surface area contributed by atoms with Crippen LogP contribution in [0, 0.1) is 24.1 Å². The summed E-state index contributed by atoms with van der Waals surface area (Å²) in [5.41, 5.74) is 1.25. The second kappa shape index (κ2) is 9.89. The largest absolute Gasteiger partial charge is 0.435 e. The molecule has 0 bridgehead atoms. The van der Waals surface area contributed by atoms with Gasteiger partial charge in [0.15, 0.2) is 5.69 Å². The Kier molecular flexibility index (Phi) is 6.75. The van der Waals surface area contributed by atoms with Gasteiger partial charge in [0.2, 0.25) is 0 Å². The highest BCUT2D eigenvalue weighted by atomic mass is 19.4. The molecule has 0 spiro atoms. The topological polar surface area (TPSA) is 74.0 Å². The maximum absolute atomic E-state index is 13.9. The molecule has 1 aliphatic heterocycles. The summed E-state index contributed by atoms with van der Waals surface area (Å²) in [5.74, 6) is -0.0526. The second-order valence-electron chi connectivity index (χ2n) is 10.3. The number of likely N-dealkylation sites (tertiary alicyclic amines) is 1. The van der Waals surface area contributed by atoms with Gasteiger partial charge in [0.05, 0.1) is 11.9 Å². The number of amides is 1. The number of benzene rings is 2. The van der Waals surface area contributed by atoms with Crippen molar-refractivity contribution in [2.45, 2.75) is 51.4 Å². The smallest absolute Gasteiger partial charge is 0.356 e. The Bertz CT molecular complexity index is 1390. The molecule has 2 aromatic carbocycles. The van der Waals surface area contributed by atoms with Crippen LogP contribution in [0.15, 0.2) is 42.6 Å². The van der Waals surface area contributed by atoms with Crippen LogP contribution in [0.4, 0.5) is 17.6 Å². The molecule has 2 heterocycles. The number of hydrogen-bond acceptors (Lipinski definition) is 3. The number of alkyl halides is 3. The van der Waals surface area contributed by atoms with Gasteiger partial charge in [-0.05, 0) is 78.6 Å². The third-order valence-corrected chi connectivity index (χ3v) is 7.18. The molecule has 0 unspecified atom stereocenters. The molecule has 2 aliphatic rings. The van der Waals surface area contributed by atoms with Crippen molar-refractivity contribution >= 4 is 11.7 Å². The summed E-state index contributed by atoms with van der Waals surface area (Å²) < 4.78 is 56.3. The highest BCUT2D eigenvalue weighted by molar-refractivity contribution is 5.96. The van der Waals surface area contributed by atoms with Gasteiger partial charge in [-0.15, -0.1) is 0 Å². The molecule has 1 saturated carbocycles. The number of aromatic nitrogens is 2. The van der Waals surface area contributed by atoms with Crippen molar-refractivity contribution in [1.29, 1.82) is 5.41 Å². The minimum atomic E-state index is -4.66. The van der Waals surface area contributed by atoms with E-state index in [0.717, 1.165) is 29.5 Å². The number of nitrogens with zero attached hydrogens (tertiary/aromatic N) is 3. The van der Waals surface area contributed by atoms with Gasteiger partial charge < -0.3 is 10.2 Å². The SMILES string of the molecule is Cc1cc([C@@H](NC(=O)c2cc(CN3CCCC3=N)cc(-c3cn(C)nc3C(F)(F)F)c2)C2CC2)ccc1F. The van der Waals surface area contributed by atoms with Crippen molar-refractivity contribution in [3.8, 4) is 11.1 Å². The van der Waals surface area contributed by atoms with E-state index < -0.39 is 17.8 Å². The summed E-state index contributed by atoms with van der Waals surface area (Å²) in [4.78, 5) is 15.4. The van der Waals surface area contributed by atoms with Crippen LogP contribution in [0.25, 0.3) is 11.1 Å². The summed E-state index contributed by atoms with van der Waals surface area (Å²) in [7, 11) is 1.42. The van der Waals surface area contributed by atoms with E-state index in [1.165, 1.54) is 25.4 Å². The van der Waals surface area contributed by atoms with Crippen molar-refractivity contribution in [3.05, 3.63) is 76.4 Å². The van der Waals surface area contributed by atoms with Gasteiger partial charge >= 0.3 is 6.18 Å². The van der Waals surface area contributed by atoms with Crippen molar-refractivity contribution in [2.75, 3.05) is 6.54 Å². The summed E-state index contributed by atoms with van der Waals surface area (Å²) in [6, 6.07) is 9.22. The standard InChI is InChI=1S/C28H29F4N5O/c1-16-10-19(7-8-23(16)29)25(18-5-6-18)34-27(38)21-12-17(14-37-9-3-4-24(37)33)11-20(13-21)22-15-36(2)35-26(22)28(30,31)32/h7-8,10-13,15,18,25,33H,3-6,9,14H2,1-2H3,(H,34,38)/t25-/m0/s1. The molecule has 38 heavy (non-hydrogen) atoms. The highest BCUT2D eigenvalue weighted by Gasteiger charge is 2.38. The van der Waals surface area contributed by atoms with Crippen LogP contribution in [-0.2, 0) is 19.8 Å². The van der Waals surface area contributed by atoms with Crippen LogP contribution in [0.5, 0.6) is 0 Å². The van der Waals surface area contributed by atoms with E-state index in [1.807, 2.05) is 4.90 Å². The molecule has 3 aromatic rings. The van der Waals surface area contributed by atoms with Gasteiger partial charge in [-0.2, -0.15) is 18.3 Å². The monoisotopic (exact) mass is 527 g/mol. The molecule has 10 heteroatoms. The van der Waals surface area contributed by atoms with Crippen LogP contribution < -0.4 is 5.32 Å². The first kappa shape index (κ1) is 25.9. The summed E-state index contributed by atoms with van der Waals surface area (Å²) in [5, 5.41) is 14.8. The van der Waals surface area contributed by atoms with Crippen molar-refractivity contribution in [2.24, 2.45) is 13.0 Å². The Balaban J connectivity index is 1.52. The van der Waals surface area contributed by atoms with Gasteiger partial charge in [-0.1, -0.05) is 12.1 Å². The zero-order valence-corrected chi connectivity index (χ0v) is 21.2. The number of hydrogen-bond donors (Lipinski definition) is 2. The normalized spacial score (nSPS) is 16.7. The maximum Gasteiger partial charge on any atom is 0.435 e. The third-order valence-electron chi connectivity index (χ3n) is 7.18. The Morgan fingerprint density at radius 1 is 1.21 bits per heavy atom. The van der Waals surface area contributed by atoms with Crippen LogP contribution in [0.1, 0.15) is 64.5 Å². The van der Waals surface area contributed by atoms with E-state index in [2.05, 4.69) is 10.4 Å². The molecule has 1 saturated heterocycles. The molecule has 1 aromatic heterocycles. The lowest BCUT2D eigenvalue weighted by molar-refractivity contribution is -0.140. The van der Waals surface area contributed by atoms with E-state index in [9.17, 15) is 22.4 Å². The number of rotatable bonds is 7. The van der Waals surface area contributed by atoms with E-state index in [-0.39, 0.29) is 34.5 Å². The fourth-order valence-corrected chi connectivity index (χ4v) is 5.09. The molecule has 0 radical (unpaired) electrons. The number of carbonyl (C=O) groups is 1. The minimum Gasteiger partial charge on any atom is -0.356 e. The van der Waals surface area contributed by atoms with Crippen LogP contribution >= 0.6 is 0 Å². The van der Waals surface area contributed by atoms with E-state index >= 15 is 0 Å². The molecule has 1 amide bonds. The Hall–Kier alpha value is -3.69. The quantitative estimate of drug-likeness (QED) is 0.370. The first-order chi connectivity index (χ1) is 18.0. The lowest BCUT2D eigenvalue weighted by atomic mass is 9.97. The fourth-order valence-electron chi connectivity index (χ4n) is 5.09. The van der Waals surface area contributed by atoms with Crippen molar-refractivity contribution in [3.63, 3.8) is 0 Å². The predicted octanol–water partition coefficient (Wildman–Crippen LogP) is 6.01. The average Bonchev–Trinajstić information content (AvgIpc) is 3.50. The van der Waals surface area contributed by atoms with Crippen LogP contribution in [0.3, 0.4) is 0 Å². The van der Waals surface area contributed by atoms with Gasteiger partial charge in [-0.3, -0.25) is 14.9 Å². The Morgan fingerprint density at radius 3 is 2.61 bits per heavy atom. The fraction of sp³-hybridized carbons (Fsp3) is 0.393.